The van der Waals surface area contributed by atoms with Crippen LogP contribution in [-0.4, -0.2) is 36.6 Å². The number of nitrogens with one attached hydrogen (secondary N) is 1. The Hall–Kier alpha value is -3.22. The van der Waals surface area contributed by atoms with Crippen LogP contribution >= 0.6 is 0 Å². The van der Waals surface area contributed by atoms with Gasteiger partial charge in [0.05, 0.1) is 21.3 Å². The van der Waals surface area contributed by atoms with Crippen molar-refractivity contribution in [3.05, 3.63) is 53.5 Å². The average Bonchev–Trinajstić information content (AvgIpc) is 3.08. The third-order valence-corrected chi connectivity index (χ3v) is 4.03. The van der Waals surface area contributed by atoms with E-state index < -0.39 is 0 Å². The van der Waals surface area contributed by atoms with E-state index in [1.165, 1.54) is 0 Å². The van der Waals surface area contributed by atoms with Crippen LogP contribution < -0.4 is 19.5 Å². The van der Waals surface area contributed by atoms with Crippen LogP contribution in [0, 0.1) is 6.92 Å². The minimum atomic E-state index is -0.250. The summed E-state index contributed by atoms with van der Waals surface area (Å²) < 4.78 is 17.8. The SMILES string of the molecule is COc1cc(CNC(=O)c2cn3ccc(C)cc3n2)cc(OC)c1OC. The minimum absolute atomic E-state index is 0.250. The zero-order valence-corrected chi connectivity index (χ0v) is 15.2. The molecule has 26 heavy (non-hydrogen) atoms. The van der Waals surface area contributed by atoms with E-state index in [-0.39, 0.29) is 5.91 Å². The molecule has 2 aromatic heterocycles. The van der Waals surface area contributed by atoms with Gasteiger partial charge in [-0.2, -0.15) is 0 Å². The van der Waals surface area contributed by atoms with Gasteiger partial charge in [-0.3, -0.25) is 4.79 Å². The van der Waals surface area contributed by atoms with Gasteiger partial charge in [0.25, 0.3) is 5.91 Å². The maximum atomic E-state index is 12.4. The van der Waals surface area contributed by atoms with E-state index in [4.69, 9.17) is 14.2 Å². The molecule has 0 unspecified atom stereocenters. The predicted molar refractivity (Wildman–Crippen MR) is 97.2 cm³/mol. The number of nitrogens with zero attached hydrogens (tertiary/aromatic N) is 2. The lowest BCUT2D eigenvalue weighted by Gasteiger charge is -2.14. The highest BCUT2D eigenvalue weighted by Gasteiger charge is 2.15. The zero-order chi connectivity index (χ0) is 18.7. The molecular weight excluding hydrogens is 334 g/mol. The summed E-state index contributed by atoms with van der Waals surface area (Å²) in [6.07, 6.45) is 3.59. The van der Waals surface area contributed by atoms with E-state index in [1.54, 1.807) is 39.7 Å². The van der Waals surface area contributed by atoms with E-state index in [2.05, 4.69) is 10.3 Å². The molecule has 1 N–H and O–H groups in total. The number of hydrogen-bond acceptors (Lipinski definition) is 5. The van der Waals surface area contributed by atoms with Crippen LogP contribution in [0.1, 0.15) is 21.6 Å². The molecule has 3 rings (SSSR count). The lowest BCUT2D eigenvalue weighted by molar-refractivity contribution is 0.0946. The van der Waals surface area contributed by atoms with Crippen LogP contribution in [0.4, 0.5) is 0 Å². The van der Waals surface area contributed by atoms with Gasteiger partial charge in [0.15, 0.2) is 11.5 Å². The number of hydrogen-bond donors (Lipinski definition) is 1. The molecule has 136 valence electrons. The van der Waals surface area contributed by atoms with E-state index in [1.807, 2.05) is 29.7 Å². The fourth-order valence-corrected chi connectivity index (χ4v) is 2.70. The molecule has 0 saturated carbocycles. The number of aryl methyl sites for hydroxylation is 1. The van der Waals surface area contributed by atoms with Crippen molar-refractivity contribution < 1.29 is 19.0 Å². The van der Waals surface area contributed by atoms with Crippen molar-refractivity contribution in [2.24, 2.45) is 0 Å². The largest absolute Gasteiger partial charge is 0.493 e. The van der Waals surface area contributed by atoms with Crippen molar-refractivity contribution in [3.63, 3.8) is 0 Å². The molecule has 2 heterocycles. The molecule has 7 heteroatoms. The highest BCUT2D eigenvalue weighted by Crippen LogP contribution is 2.38. The maximum Gasteiger partial charge on any atom is 0.271 e. The van der Waals surface area contributed by atoms with Crippen molar-refractivity contribution in [1.82, 2.24) is 14.7 Å². The standard InChI is InChI=1S/C19H21N3O4/c1-12-5-6-22-11-14(21-17(22)7-12)19(23)20-10-13-8-15(24-2)18(26-4)16(9-13)25-3/h5-9,11H,10H2,1-4H3,(H,20,23). The number of rotatable bonds is 6. The summed E-state index contributed by atoms with van der Waals surface area (Å²) in [7, 11) is 4.66. The first-order valence-electron chi connectivity index (χ1n) is 8.08. The molecule has 0 atom stereocenters. The Morgan fingerprint density at radius 1 is 1.12 bits per heavy atom. The summed E-state index contributed by atoms with van der Waals surface area (Å²) in [4.78, 5) is 16.8. The Morgan fingerprint density at radius 3 is 2.42 bits per heavy atom. The van der Waals surface area contributed by atoms with Crippen LogP contribution in [0.25, 0.3) is 5.65 Å². The van der Waals surface area contributed by atoms with E-state index >= 15 is 0 Å². The molecule has 0 bridgehead atoms. The number of carbonyl (C=O) groups is 1. The van der Waals surface area contributed by atoms with Gasteiger partial charge in [0.1, 0.15) is 11.3 Å². The summed E-state index contributed by atoms with van der Waals surface area (Å²) in [6, 6.07) is 7.49. The zero-order valence-electron chi connectivity index (χ0n) is 15.2. The number of aromatic nitrogens is 2. The predicted octanol–water partition coefficient (Wildman–Crippen LogP) is 2.60. The molecule has 0 spiro atoms. The molecule has 0 saturated heterocycles. The fourth-order valence-electron chi connectivity index (χ4n) is 2.70. The van der Waals surface area contributed by atoms with Gasteiger partial charge in [-0.25, -0.2) is 4.98 Å². The van der Waals surface area contributed by atoms with Crippen LogP contribution in [0.3, 0.4) is 0 Å². The van der Waals surface area contributed by atoms with Gasteiger partial charge in [-0.15, -0.1) is 0 Å². The number of imidazole rings is 1. The van der Waals surface area contributed by atoms with E-state index in [0.717, 1.165) is 16.8 Å². The smallest absolute Gasteiger partial charge is 0.271 e. The first-order chi connectivity index (χ1) is 12.5. The third-order valence-electron chi connectivity index (χ3n) is 4.03. The molecule has 0 aliphatic rings. The van der Waals surface area contributed by atoms with Gasteiger partial charge >= 0.3 is 0 Å². The first-order valence-corrected chi connectivity index (χ1v) is 8.08. The molecule has 0 aliphatic heterocycles. The highest BCUT2D eigenvalue weighted by atomic mass is 16.5. The number of carbonyl (C=O) groups excluding carboxylic acids is 1. The first kappa shape index (κ1) is 17.6. The summed E-state index contributed by atoms with van der Waals surface area (Å²) in [5.41, 5.74) is 3.02. The number of fused-ring (bicyclic) bond motifs is 1. The van der Waals surface area contributed by atoms with Crippen LogP contribution in [0.5, 0.6) is 17.2 Å². The van der Waals surface area contributed by atoms with Gasteiger partial charge < -0.3 is 23.9 Å². The van der Waals surface area contributed by atoms with Crippen molar-refractivity contribution in [2.75, 3.05) is 21.3 Å². The Kier molecular flexibility index (Phi) is 4.97. The van der Waals surface area contributed by atoms with Crippen molar-refractivity contribution in [1.29, 1.82) is 0 Å². The number of benzene rings is 1. The minimum Gasteiger partial charge on any atom is -0.493 e. The highest BCUT2D eigenvalue weighted by molar-refractivity contribution is 5.92. The summed E-state index contributed by atoms with van der Waals surface area (Å²) in [5.74, 6) is 1.35. The van der Waals surface area contributed by atoms with Crippen LogP contribution in [0.2, 0.25) is 0 Å². The third kappa shape index (κ3) is 3.42. The normalized spacial score (nSPS) is 10.6. The van der Waals surface area contributed by atoms with E-state index in [0.29, 0.717) is 29.5 Å². The Morgan fingerprint density at radius 2 is 1.81 bits per heavy atom. The van der Waals surface area contributed by atoms with Crippen LogP contribution in [0.15, 0.2) is 36.7 Å². The van der Waals surface area contributed by atoms with Crippen LogP contribution in [-0.2, 0) is 6.54 Å². The molecule has 0 aliphatic carbocycles. The second-order valence-corrected chi connectivity index (χ2v) is 5.81. The number of pyridine rings is 1. The van der Waals surface area contributed by atoms with E-state index in [9.17, 15) is 4.79 Å². The van der Waals surface area contributed by atoms with Gasteiger partial charge in [0.2, 0.25) is 5.75 Å². The Balaban J connectivity index is 1.78. The topological polar surface area (TPSA) is 74.1 Å². The molecule has 1 amide bonds. The molecule has 3 aromatic rings. The lowest BCUT2D eigenvalue weighted by Crippen LogP contribution is -2.23. The van der Waals surface area contributed by atoms with Gasteiger partial charge in [-0.1, -0.05) is 0 Å². The van der Waals surface area contributed by atoms with Gasteiger partial charge in [-0.05, 0) is 42.3 Å². The molecular formula is C19H21N3O4. The summed E-state index contributed by atoms with van der Waals surface area (Å²) in [5, 5.41) is 2.86. The maximum absolute atomic E-state index is 12.4. The average molecular weight is 355 g/mol. The summed E-state index contributed by atoms with van der Waals surface area (Å²) in [6.45, 7) is 2.29. The van der Waals surface area contributed by atoms with Gasteiger partial charge in [0, 0.05) is 18.9 Å². The Bertz CT molecular complexity index is 924. The number of methoxy groups -OCH3 is 3. The second-order valence-electron chi connectivity index (χ2n) is 5.81. The Labute approximate surface area is 151 Å². The summed E-state index contributed by atoms with van der Waals surface area (Å²) >= 11 is 0. The molecule has 0 radical (unpaired) electrons. The van der Waals surface area contributed by atoms with Crippen molar-refractivity contribution >= 4 is 11.6 Å². The molecule has 1 aromatic carbocycles. The quantitative estimate of drug-likeness (QED) is 0.736. The second kappa shape index (κ2) is 7.35. The van der Waals surface area contributed by atoms with Crippen molar-refractivity contribution in [3.8, 4) is 17.2 Å². The number of amides is 1. The number of ether oxygens (including phenoxy) is 3. The lowest BCUT2D eigenvalue weighted by atomic mass is 10.1. The fraction of sp³-hybridized carbons (Fsp3) is 0.263. The molecule has 0 fully saturated rings. The molecule has 7 nitrogen and oxygen atoms in total. The monoisotopic (exact) mass is 355 g/mol. The van der Waals surface area contributed by atoms with Crippen molar-refractivity contribution in [2.45, 2.75) is 13.5 Å².